The minimum atomic E-state index is 0.724. The molecule has 2 heterocycles. The molecule has 0 unspecified atom stereocenters. The molecule has 0 radical (unpaired) electrons. The fourth-order valence-corrected chi connectivity index (χ4v) is 3.24. The van der Waals surface area contributed by atoms with E-state index in [0.29, 0.717) is 0 Å². The van der Waals surface area contributed by atoms with Crippen LogP contribution in [0, 0.1) is 0 Å². The molecule has 27 heavy (non-hydrogen) atoms. The topological polar surface area (TPSA) is 59.5 Å². The predicted molar refractivity (Wildman–Crippen MR) is 107 cm³/mol. The van der Waals surface area contributed by atoms with Crippen LogP contribution in [0.1, 0.15) is 0 Å². The van der Waals surface area contributed by atoms with E-state index in [-0.39, 0.29) is 0 Å². The van der Waals surface area contributed by atoms with E-state index in [1.807, 2.05) is 48.5 Å². The first kappa shape index (κ1) is 17.7. The van der Waals surface area contributed by atoms with Crippen LogP contribution in [0.2, 0.25) is 0 Å². The lowest BCUT2D eigenvalue weighted by Crippen LogP contribution is -2.39. The number of nitrogens with zero attached hydrogens (tertiary/aromatic N) is 3. The van der Waals surface area contributed by atoms with E-state index in [4.69, 9.17) is 19.4 Å². The molecule has 3 aromatic rings. The van der Waals surface area contributed by atoms with Gasteiger partial charge in [-0.25, -0.2) is 9.97 Å². The van der Waals surface area contributed by atoms with Crippen LogP contribution in [0.5, 0.6) is 5.75 Å². The highest BCUT2D eigenvalue weighted by Crippen LogP contribution is 2.28. The normalized spacial score (nSPS) is 15.0. The summed E-state index contributed by atoms with van der Waals surface area (Å²) in [5, 5.41) is 4.48. The Hall–Kier alpha value is -2.70. The first-order valence-corrected chi connectivity index (χ1v) is 9.29. The van der Waals surface area contributed by atoms with Crippen LogP contribution in [0.3, 0.4) is 0 Å². The molecule has 4 rings (SSSR count). The van der Waals surface area contributed by atoms with Crippen molar-refractivity contribution in [2.75, 3.05) is 51.8 Å². The molecular formula is C21H24N4O2. The summed E-state index contributed by atoms with van der Waals surface area (Å²) in [6.07, 6.45) is 0. The highest BCUT2D eigenvalue weighted by atomic mass is 16.5. The van der Waals surface area contributed by atoms with Crippen LogP contribution >= 0.6 is 0 Å². The molecule has 1 saturated heterocycles. The SMILES string of the molecule is COc1ccc2nc(-c3ccccc3)nc(NCCN3CCOCC3)c2c1. The summed E-state index contributed by atoms with van der Waals surface area (Å²) in [5.74, 6) is 2.36. The van der Waals surface area contributed by atoms with Crippen LogP contribution in [0.15, 0.2) is 48.5 Å². The second-order valence-corrected chi connectivity index (χ2v) is 6.53. The molecule has 1 N–H and O–H groups in total. The van der Waals surface area contributed by atoms with Gasteiger partial charge >= 0.3 is 0 Å². The van der Waals surface area contributed by atoms with Crippen molar-refractivity contribution < 1.29 is 9.47 Å². The maximum Gasteiger partial charge on any atom is 0.162 e. The number of rotatable bonds is 6. The average molecular weight is 364 g/mol. The smallest absolute Gasteiger partial charge is 0.162 e. The van der Waals surface area contributed by atoms with Crippen molar-refractivity contribution in [3.8, 4) is 17.1 Å². The Labute approximate surface area is 159 Å². The number of benzene rings is 2. The molecule has 1 aromatic heterocycles. The van der Waals surface area contributed by atoms with Gasteiger partial charge in [-0.2, -0.15) is 0 Å². The zero-order valence-corrected chi connectivity index (χ0v) is 15.5. The molecule has 6 heteroatoms. The van der Waals surface area contributed by atoms with Gasteiger partial charge < -0.3 is 14.8 Å². The molecular weight excluding hydrogens is 340 g/mol. The van der Waals surface area contributed by atoms with E-state index in [0.717, 1.165) is 73.3 Å². The maximum atomic E-state index is 5.42. The van der Waals surface area contributed by atoms with Crippen molar-refractivity contribution >= 4 is 16.7 Å². The van der Waals surface area contributed by atoms with E-state index in [1.54, 1.807) is 7.11 Å². The molecule has 0 atom stereocenters. The first-order valence-electron chi connectivity index (χ1n) is 9.29. The summed E-state index contributed by atoms with van der Waals surface area (Å²) in [5.41, 5.74) is 1.91. The average Bonchev–Trinajstić information content (AvgIpc) is 2.74. The Balaban J connectivity index is 1.62. The number of hydrogen-bond acceptors (Lipinski definition) is 6. The summed E-state index contributed by atoms with van der Waals surface area (Å²) in [6.45, 7) is 5.36. The number of nitrogens with one attached hydrogen (secondary N) is 1. The largest absolute Gasteiger partial charge is 0.497 e. The van der Waals surface area contributed by atoms with Gasteiger partial charge in [0, 0.05) is 37.1 Å². The van der Waals surface area contributed by atoms with Gasteiger partial charge in [-0.3, -0.25) is 4.90 Å². The van der Waals surface area contributed by atoms with E-state index < -0.39 is 0 Å². The first-order chi connectivity index (χ1) is 13.3. The number of morpholine rings is 1. The molecule has 2 aromatic carbocycles. The number of fused-ring (bicyclic) bond motifs is 1. The number of methoxy groups -OCH3 is 1. The fourth-order valence-electron chi connectivity index (χ4n) is 3.24. The van der Waals surface area contributed by atoms with Gasteiger partial charge in [0.2, 0.25) is 0 Å². The van der Waals surface area contributed by atoms with Crippen molar-refractivity contribution in [2.24, 2.45) is 0 Å². The third kappa shape index (κ3) is 4.18. The minimum Gasteiger partial charge on any atom is -0.497 e. The highest BCUT2D eigenvalue weighted by molar-refractivity contribution is 5.91. The van der Waals surface area contributed by atoms with E-state index >= 15 is 0 Å². The lowest BCUT2D eigenvalue weighted by Gasteiger charge is -2.26. The van der Waals surface area contributed by atoms with Crippen LogP contribution in [-0.4, -0.2) is 61.4 Å². The highest BCUT2D eigenvalue weighted by Gasteiger charge is 2.12. The third-order valence-electron chi connectivity index (χ3n) is 4.76. The van der Waals surface area contributed by atoms with E-state index in [1.165, 1.54) is 0 Å². The van der Waals surface area contributed by atoms with Crippen molar-refractivity contribution in [2.45, 2.75) is 0 Å². The van der Waals surface area contributed by atoms with Crippen LogP contribution < -0.4 is 10.1 Å². The van der Waals surface area contributed by atoms with Crippen molar-refractivity contribution in [1.29, 1.82) is 0 Å². The molecule has 6 nitrogen and oxygen atoms in total. The Morgan fingerprint density at radius 3 is 2.67 bits per heavy atom. The summed E-state index contributed by atoms with van der Waals surface area (Å²) < 4.78 is 10.8. The lowest BCUT2D eigenvalue weighted by atomic mass is 10.1. The van der Waals surface area contributed by atoms with Gasteiger partial charge in [-0.15, -0.1) is 0 Å². The number of hydrogen-bond donors (Lipinski definition) is 1. The molecule has 1 aliphatic heterocycles. The summed E-state index contributed by atoms with van der Waals surface area (Å²) in [6, 6.07) is 16.0. The van der Waals surface area contributed by atoms with Gasteiger partial charge in [0.25, 0.3) is 0 Å². The standard InChI is InChI=1S/C21H24N4O2/c1-26-17-7-8-19-18(15-17)21(22-9-10-25-11-13-27-14-12-25)24-20(23-19)16-5-3-2-4-6-16/h2-8,15H,9-14H2,1H3,(H,22,23,24). The number of ether oxygens (including phenoxy) is 2. The van der Waals surface area contributed by atoms with Crippen molar-refractivity contribution in [3.63, 3.8) is 0 Å². The Kier molecular flexibility index (Phi) is 5.46. The van der Waals surface area contributed by atoms with E-state index in [9.17, 15) is 0 Å². The van der Waals surface area contributed by atoms with E-state index in [2.05, 4.69) is 10.2 Å². The zero-order chi connectivity index (χ0) is 18.5. The molecule has 140 valence electrons. The van der Waals surface area contributed by atoms with Crippen molar-refractivity contribution in [3.05, 3.63) is 48.5 Å². The number of anilines is 1. The fraction of sp³-hybridized carbons (Fsp3) is 0.333. The van der Waals surface area contributed by atoms with Crippen molar-refractivity contribution in [1.82, 2.24) is 14.9 Å². The Bertz CT molecular complexity index is 895. The van der Waals surface area contributed by atoms with Crippen LogP contribution in [-0.2, 0) is 4.74 Å². The van der Waals surface area contributed by atoms with Crippen LogP contribution in [0.25, 0.3) is 22.3 Å². The molecule has 1 aliphatic rings. The summed E-state index contributed by atoms with van der Waals surface area (Å²) in [7, 11) is 1.67. The second-order valence-electron chi connectivity index (χ2n) is 6.53. The molecule has 0 amide bonds. The quantitative estimate of drug-likeness (QED) is 0.725. The molecule has 0 bridgehead atoms. The molecule has 0 spiro atoms. The predicted octanol–water partition coefficient (Wildman–Crippen LogP) is 3.05. The monoisotopic (exact) mass is 364 g/mol. The van der Waals surface area contributed by atoms with Gasteiger partial charge in [0.05, 0.1) is 25.8 Å². The maximum absolute atomic E-state index is 5.42. The van der Waals surface area contributed by atoms with Crippen LogP contribution in [0.4, 0.5) is 5.82 Å². The zero-order valence-electron chi connectivity index (χ0n) is 15.5. The third-order valence-corrected chi connectivity index (χ3v) is 4.76. The van der Waals surface area contributed by atoms with Gasteiger partial charge in [-0.1, -0.05) is 30.3 Å². The molecule has 0 saturated carbocycles. The summed E-state index contributed by atoms with van der Waals surface area (Å²) >= 11 is 0. The molecule has 1 fully saturated rings. The minimum absolute atomic E-state index is 0.724. The second kappa shape index (κ2) is 8.33. The Morgan fingerprint density at radius 1 is 1.07 bits per heavy atom. The van der Waals surface area contributed by atoms with Gasteiger partial charge in [-0.05, 0) is 18.2 Å². The molecule has 0 aliphatic carbocycles. The van der Waals surface area contributed by atoms with Gasteiger partial charge in [0.15, 0.2) is 5.82 Å². The Morgan fingerprint density at radius 2 is 1.89 bits per heavy atom. The number of aromatic nitrogens is 2. The summed E-state index contributed by atoms with van der Waals surface area (Å²) in [4.78, 5) is 12.0. The lowest BCUT2D eigenvalue weighted by molar-refractivity contribution is 0.0398. The van der Waals surface area contributed by atoms with Gasteiger partial charge in [0.1, 0.15) is 11.6 Å².